The number of rotatable bonds is 5. The van der Waals surface area contributed by atoms with Crippen LogP contribution in [0.3, 0.4) is 0 Å². The molecule has 1 aromatic heterocycles. The van der Waals surface area contributed by atoms with Gasteiger partial charge in [0.2, 0.25) is 5.91 Å². The number of anilines is 2. The number of nitrogens with one attached hydrogen (secondary N) is 2. The van der Waals surface area contributed by atoms with Gasteiger partial charge >= 0.3 is 0 Å². The van der Waals surface area contributed by atoms with E-state index >= 15 is 0 Å². The van der Waals surface area contributed by atoms with Crippen LogP contribution in [0.15, 0.2) is 0 Å². The normalized spacial score (nSPS) is 10.2. The Morgan fingerprint density at radius 1 is 1.56 bits per heavy atom. The first kappa shape index (κ1) is 12.4. The highest BCUT2D eigenvalue weighted by Gasteiger charge is 2.10. The van der Waals surface area contributed by atoms with Crippen molar-refractivity contribution in [2.45, 2.75) is 26.8 Å². The Balaban J connectivity index is 2.62. The zero-order valence-corrected chi connectivity index (χ0v) is 10.0. The molecule has 6 nitrogen and oxygen atoms in total. The van der Waals surface area contributed by atoms with E-state index in [1.54, 1.807) is 11.7 Å². The van der Waals surface area contributed by atoms with Crippen molar-refractivity contribution in [3.8, 4) is 0 Å². The quantitative estimate of drug-likeness (QED) is 0.674. The van der Waals surface area contributed by atoms with Gasteiger partial charge in [0.25, 0.3) is 0 Å². The molecule has 0 saturated carbocycles. The number of nitrogens with two attached hydrogens (primary N) is 1. The van der Waals surface area contributed by atoms with Gasteiger partial charge in [0.1, 0.15) is 5.82 Å². The summed E-state index contributed by atoms with van der Waals surface area (Å²) in [6, 6.07) is 0. The number of nitrogen functional groups attached to an aromatic ring is 1. The topological polar surface area (TPSA) is 85.0 Å². The van der Waals surface area contributed by atoms with Crippen LogP contribution in [-0.2, 0) is 11.3 Å². The Morgan fingerprint density at radius 3 is 2.81 bits per heavy atom. The second-order valence-corrected chi connectivity index (χ2v) is 3.51. The molecule has 0 spiro atoms. The lowest BCUT2D eigenvalue weighted by Gasteiger charge is -2.08. The lowest BCUT2D eigenvalue weighted by molar-refractivity contribution is -0.120. The van der Waals surface area contributed by atoms with Crippen LogP contribution in [0.1, 0.15) is 19.0 Å². The van der Waals surface area contributed by atoms with Crippen LogP contribution < -0.4 is 16.4 Å². The summed E-state index contributed by atoms with van der Waals surface area (Å²) in [7, 11) is 1.62. The van der Waals surface area contributed by atoms with Crippen LogP contribution in [0.2, 0.25) is 0 Å². The van der Waals surface area contributed by atoms with E-state index in [0.29, 0.717) is 18.7 Å². The van der Waals surface area contributed by atoms with Crippen LogP contribution in [-0.4, -0.2) is 29.3 Å². The summed E-state index contributed by atoms with van der Waals surface area (Å²) in [5.74, 6) is 0.800. The van der Waals surface area contributed by atoms with Crippen molar-refractivity contribution in [2.24, 2.45) is 0 Å². The van der Waals surface area contributed by atoms with E-state index in [9.17, 15) is 4.79 Å². The number of hydrogen-bond acceptors (Lipinski definition) is 4. The third kappa shape index (κ3) is 2.65. The van der Waals surface area contributed by atoms with Crippen LogP contribution in [0, 0.1) is 6.92 Å². The van der Waals surface area contributed by atoms with Gasteiger partial charge in [0, 0.05) is 26.6 Å². The molecule has 6 heteroatoms. The van der Waals surface area contributed by atoms with Crippen molar-refractivity contribution in [1.29, 1.82) is 0 Å². The van der Waals surface area contributed by atoms with Crippen LogP contribution in [0.5, 0.6) is 0 Å². The van der Waals surface area contributed by atoms with E-state index in [1.807, 2.05) is 13.8 Å². The molecule has 0 aromatic carbocycles. The zero-order chi connectivity index (χ0) is 12.1. The smallest absolute Gasteiger partial charge is 0.221 e. The molecule has 1 heterocycles. The molecule has 0 bridgehead atoms. The molecule has 1 rings (SSSR count). The Bertz CT molecular complexity index is 372. The highest BCUT2D eigenvalue weighted by atomic mass is 16.1. The number of aromatic nitrogens is 2. The van der Waals surface area contributed by atoms with Gasteiger partial charge < -0.3 is 16.4 Å². The molecule has 4 N–H and O–H groups in total. The van der Waals surface area contributed by atoms with Crippen molar-refractivity contribution in [3.05, 3.63) is 5.69 Å². The van der Waals surface area contributed by atoms with Gasteiger partial charge in [0.15, 0.2) is 0 Å². The lowest BCUT2D eigenvalue weighted by atomic mass is 10.3. The summed E-state index contributed by atoms with van der Waals surface area (Å²) >= 11 is 0. The van der Waals surface area contributed by atoms with Gasteiger partial charge in [-0.15, -0.1) is 0 Å². The Hall–Kier alpha value is -1.72. The van der Waals surface area contributed by atoms with Crippen LogP contribution in [0.4, 0.5) is 11.5 Å². The Kier molecular flexibility index (Phi) is 4.16. The fraction of sp³-hybridized carbons (Fsp3) is 0.600. The Labute approximate surface area is 95.2 Å². The van der Waals surface area contributed by atoms with Crippen LogP contribution >= 0.6 is 0 Å². The number of nitrogens with zero attached hydrogens (tertiary/aromatic N) is 2. The maximum absolute atomic E-state index is 11.0. The lowest BCUT2D eigenvalue weighted by Crippen LogP contribution is -2.21. The summed E-state index contributed by atoms with van der Waals surface area (Å²) in [5, 5.41) is 9.98. The minimum atomic E-state index is 0.00496. The maximum atomic E-state index is 11.0. The number of hydrogen-bond donors (Lipinski definition) is 3. The standard InChI is InChI=1S/C10H19N5O/c1-4-15-10(9(11)7(2)14-15)13-6-5-8(16)12-3/h13H,4-6,11H2,1-3H3,(H,12,16). The molecule has 0 atom stereocenters. The molecule has 0 aliphatic heterocycles. The minimum Gasteiger partial charge on any atom is -0.394 e. The summed E-state index contributed by atoms with van der Waals surface area (Å²) in [6.45, 7) is 5.16. The van der Waals surface area contributed by atoms with Gasteiger partial charge in [-0.1, -0.05) is 0 Å². The molecule has 0 saturated heterocycles. The average Bonchev–Trinajstić information content (AvgIpc) is 2.56. The molecule has 90 valence electrons. The summed E-state index contributed by atoms with van der Waals surface area (Å²) in [5.41, 5.74) is 7.34. The summed E-state index contributed by atoms with van der Waals surface area (Å²) in [4.78, 5) is 11.0. The SMILES string of the molecule is CCn1nc(C)c(N)c1NCCC(=O)NC. The first-order valence-electron chi connectivity index (χ1n) is 5.37. The predicted molar refractivity (Wildman–Crippen MR) is 64.2 cm³/mol. The van der Waals surface area contributed by atoms with Gasteiger partial charge in [-0.3, -0.25) is 4.79 Å². The number of carbonyl (C=O) groups is 1. The molecule has 0 aliphatic rings. The molecule has 1 aromatic rings. The molecular formula is C10H19N5O. The van der Waals surface area contributed by atoms with E-state index in [0.717, 1.165) is 18.1 Å². The van der Waals surface area contributed by atoms with E-state index in [4.69, 9.17) is 5.73 Å². The summed E-state index contributed by atoms with van der Waals surface area (Å²) < 4.78 is 1.80. The predicted octanol–water partition coefficient (Wildman–Crippen LogP) is 0.342. The van der Waals surface area contributed by atoms with Crippen molar-refractivity contribution >= 4 is 17.4 Å². The van der Waals surface area contributed by atoms with Gasteiger partial charge in [0.05, 0.1) is 11.4 Å². The third-order valence-electron chi connectivity index (χ3n) is 2.40. The van der Waals surface area contributed by atoms with Crippen molar-refractivity contribution in [1.82, 2.24) is 15.1 Å². The van der Waals surface area contributed by atoms with E-state index < -0.39 is 0 Å². The van der Waals surface area contributed by atoms with Gasteiger partial charge in [-0.05, 0) is 13.8 Å². The fourth-order valence-corrected chi connectivity index (χ4v) is 1.43. The Morgan fingerprint density at radius 2 is 2.25 bits per heavy atom. The molecule has 1 amide bonds. The second-order valence-electron chi connectivity index (χ2n) is 3.51. The average molecular weight is 225 g/mol. The van der Waals surface area contributed by atoms with Crippen LogP contribution in [0.25, 0.3) is 0 Å². The molecule has 0 fully saturated rings. The van der Waals surface area contributed by atoms with Crippen molar-refractivity contribution in [3.63, 3.8) is 0 Å². The molecule has 0 unspecified atom stereocenters. The van der Waals surface area contributed by atoms with Crippen molar-refractivity contribution in [2.75, 3.05) is 24.6 Å². The summed E-state index contributed by atoms with van der Waals surface area (Å²) in [6.07, 6.45) is 0.421. The first-order valence-corrected chi connectivity index (χ1v) is 5.37. The van der Waals surface area contributed by atoms with Gasteiger partial charge in [-0.25, -0.2) is 4.68 Å². The van der Waals surface area contributed by atoms with Gasteiger partial charge in [-0.2, -0.15) is 5.10 Å². The number of aryl methyl sites for hydroxylation is 2. The molecule has 16 heavy (non-hydrogen) atoms. The van der Waals surface area contributed by atoms with E-state index in [1.165, 1.54) is 0 Å². The highest BCUT2D eigenvalue weighted by molar-refractivity contribution is 5.76. The number of carbonyl (C=O) groups excluding carboxylic acids is 1. The first-order chi connectivity index (χ1) is 7.60. The third-order valence-corrected chi connectivity index (χ3v) is 2.40. The maximum Gasteiger partial charge on any atom is 0.221 e. The minimum absolute atomic E-state index is 0.00496. The monoisotopic (exact) mass is 225 g/mol. The largest absolute Gasteiger partial charge is 0.394 e. The van der Waals surface area contributed by atoms with Crippen molar-refractivity contribution < 1.29 is 4.79 Å². The number of amides is 1. The second kappa shape index (κ2) is 5.39. The molecule has 0 radical (unpaired) electrons. The molecule has 0 aliphatic carbocycles. The highest BCUT2D eigenvalue weighted by Crippen LogP contribution is 2.21. The van der Waals surface area contributed by atoms with E-state index in [2.05, 4.69) is 15.7 Å². The molecular weight excluding hydrogens is 206 g/mol. The van der Waals surface area contributed by atoms with E-state index in [-0.39, 0.29) is 5.91 Å². The zero-order valence-electron chi connectivity index (χ0n) is 10.0. The fourth-order valence-electron chi connectivity index (χ4n) is 1.43.